The molecule has 1 aliphatic carbocycles. The molecule has 0 aliphatic heterocycles. The van der Waals surface area contributed by atoms with Crippen LogP contribution in [0.5, 0.6) is 0 Å². The third kappa shape index (κ3) is 2.94. The van der Waals surface area contributed by atoms with Crippen molar-refractivity contribution >= 4 is 11.8 Å². The zero-order chi connectivity index (χ0) is 12.4. The van der Waals surface area contributed by atoms with Crippen LogP contribution in [0.2, 0.25) is 0 Å². The summed E-state index contributed by atoms with van der Waals surface area (Å²) in [5, 5.41) is 4.53. The van der Waals surface area contributed by atoms with Gasteiger partial charge in [-0.1, -0.05) is 29.5 Å². The van der Waals surface area contributed by atoms with Crippen molar-refractivity contribution in [2.45, 2.75) is 42.4 Å². The Morgan fingerprint density at radius 2 is 2.33 bits per heavy atom. The minimum Gasteiger partial charge on any atom is -0.339 e. The van der Waals surface area contributed by atoms with Gasteiger partial charge < -0.3 is 10.3 Å². The highest BCUT2D eigenvalue weighted by Crippen LogP contribution is 2.29. The molecule has 0 spiro atoms. The van der Waals surface area contributed by atoms with E-state index in [4.69, 9.17) is 0 Å². The molecule has 1 aromatic carbocycles. The SMILES string of the molecule is Cc1ccc(Sc2ncc[nH]2)c(CNC2CC2)c1. The maximum absolute atomic E-state index is 4.27. The van der Waals surface area contributed by atoms with Gasteiger partial charge >= 0.3 is 0 Å². The Balaban J connectivity index is 1.77. The average Bonchev–Trinajstić information content (AvgIpc) is 3.06. The largest absolute Gasteiger partial charge is 0.339 e. The minimum absolute atomic E-state index is 0.743. The maximum Gasteiger partial charge on any atom is 0.170 e. The first kappa shape index (κ1) is 11.8. The smallest absolute Gasteiger partial charge is 0.170 e. The first-order chi connectivity index (χ1) is 8.81. The van der Waals surface area contributed by atoms with Crippen molar-refractivity contribution in [2.24, 2.45) is 0 Å². The highest BCUT2D eigenvalue weighted by molar-refractivity contribution is 7.99. The van der Waals surface area contributed by atoms with Gasteiger partial charge in [-0.2, -0.15) is 0 Å². The normalized spacial score (nSPS) is 14.9. The van der Waals surface area contributed by atoms with Crippen LogP contribution in [0.25, 0.3) is 0 Å². The lowest BCUT2D eigenvalue weighted by atomic mass is 10.1. The number of nitrogens with zero attached hydrogens (tertiary/aromatic N) is 1. The van der Waals surface area contributed by atoms with E-state index < -0.39 is 0 Å². The molecule has 0 saturated heterocycles. The molecule has 2 aromatic rings. The van der Waals surface area contributed by atoms with Gasteiger partial charge in [0.05, 0.1) is 0 Å². The number of aromatic nitrogens is 2. The van der Waals surface area contributed by atoms with Gasteiger partial charge in [-0.05, 0) is 31.4 Å². The first-order valence-electron chi connectivity index (χ1n) is 6.31. The molecule has 3 rings (SSSR count). The Hall–Kier alpha value is -1.26. The van der Waals surface area contributed by atoms with E-state index in [1.807, 2.05) is 6.20 Å². The van der Waals surface area contributed by atoms with Gasteiger partial charge in [-0.15, -0.1) is 0 Å². The van der Waals surface area contributed by atoms with Crippen molar-refractivity contribution in [3.8, 4) is 0 Å². The van der Waals surface area contributed by atoms with Crippen LogP contribution in [0, 0.1) is 6.92 Å². The van der Waals surface area contributed by atoms with E-state index in [1.165, 1.54) is 28.9 Å². The highest BCUT2D eigenvalue weighted by atomic mass is 32.2. The van der Waals surface area contributed by atoms with Crippen LogP contribution in [-0.2, 0) is 6.54 Å². The number of rotatable bonds is 5. The van der Waals surface area contributed by atoms with Crippen molar-refractivity contribution in [2.75, 3.05) is 0 Å². The summed E-state index contributed by atoms with van der Waals surface area (Å²) in [6.07, 6.45) is 6.30. The summed E-state index contributed by atoms with van der Waals surface area (Å²) in [5.74, 6) is 0. The van der Waals surface area contributed by atoms with E-state index in [0.29, 0.717) is 0 Å². The van der Waals surface area contributed by atoms with Crippen LogP contribution >= 0.6 is 11.8 Å². The van der Waals surface area contributed by atoms with Crippen LogP contribution in [0.15, 0.2) is 40.6 Å². The van der Waals surface area contributed by atoms with Crippen LogP contribution in [0.4, 0.5) is 0 Å². The Labute approximate surface area is 111 Å². The van der Waals surface area contributed by atoms with Crippen molar-refractivity contribution < 1.29 is 0 Å². The van der Waals surface area contributed by atoms with Gasteiger partial charge in [0.1, 0.15) is 0 Å². The standard InChI is InChI=1S/C14H17N3S/c1-10-2-5-13(18-14-15-6-7-16-14)11(8-10)9-17-12-3-4-12/h2,5-8,12,17H,3-4,9H2,1H3,(H,15,16). The van der Waals surface area contributed by atoms with Gasteiger partial charge in [0, 0.05) is 29.9 Å². The number of benzene rings is 1. The summed E-state index contributed by atoms with van der Waals surface area (Å²) >= 11 is 1.69. The van der Waals surface area contributed by atoms with Gasteiger partial charge in [0.15, 0.2) is 5.16 Å². The van der Waals surface area contributed by atoms with Crippen LogP contribution < -0.4 is 5.32 Å². The monoisotopic (exact) mass is 259 g/mol. The maximum atomic E-state index is 4.27. The van der Waals surface area contributed by atoms with E-state index in [9.17, 15) is 0 Å². The number of H-pyrrole nitrogens is 1. The van der Waals surface area contributed by atoms with Crippen molar-refractivity contribution in [3.05, 3.63) is 41.7 Å². The number of aromatic amines is 1. The Morgan fingerprint density at radius 3 is 3.06 bits per heavy atom. The zero-order valence-electron chi connectivity index (χ0n) is 10.4. The molecule has 1 aliphatic rings. The average molecular weight is 259 g/mol. The Bertz CT molecular complexity index is 518. The van der Waals surface area contributed by atoms with Crippen molar-refractivity contribution in [1.82, 2.24) is 15.3 Å². The number of hydrogen-bond donors (Lipinski definition) is 2. The fraction of sp³-hybridized carbons (Fsp3) is 0.357. The van der Waals surface area contributed by atoms with Gasteiger partial charge in [-0.25, -0.2) is 4.98 Å². The first-order valence-corrected chi connectivity index (χ1v) is 7.13. The van der Waals surface area contributed by atoms with Crippen LogP contribution in [-0.4, -0.2) is 16.0 Å². The predicted molar refractivity (Wildman–Crippen MR) is 73.8 cm³/mol. The summed E-state index contributed by atoms with van der Waals surface area (Å²) in [5.41, 5.74) is 2.68. The van der Waals surface area contributed by atoms with Crippen molar-refractivity contribution in [3.63, 3.8) is 0 Å². The lowest BCUT2D eigenvalue weighted by molar-refractivity contribution is 0.680. The summed E-state index contributed by atoms with van der Waals surface area (Å²) in [6.45, 7) is 3.09. The van der Waals surface area contributed by atoms with Gasteiger partial charge in [0.25, 0.3) is 0 Å². The third-order valence-electron chi connectivity index (χ3n) is 3.05. The quantitative estimate of drug-likeness (QED) is 0.866. The topological polar surface area (TPSA) is 40.7 Å². The lowest BCUT2D eigenvalue weighted by Crippen LogP contribution is -2.15. The summed E-state index contributed by atoms with van der Waals surface area (Å²) < 4.78 is 0. The predicted octanol–water partition coefficient (Wildman–Crippen LogP) is 3.12. The number of aryl methyl sites for hydroxylation is 1. The Morgan fingerprint density at radius 1 is 1.44 bits per heavy atom. The molecule has 1 fully saturated rings. The number of nitrogens with one attached hydrogen (secondary N) is 2. The molecule has 2 N–H and O–H groups in total. The molecule has 0 unspecified atom stereocenters. The fourth-order valence-electron chi connectivity index (χ4n) is 1.90. The molecule has 1 saturated carbocycles. The minimum atomic E-state index is 0.743. The molecule has 0 atom stereocenters. The second kappa shape index (κ2) is 5.16. The Kier molecular flexibility index (Phi) is 3.39. The van der Waals surface area contributed by atoms with Gasteiger partial charge in [-0.3, -0.25) is 0 Å². The molecule has 3 nitrogen and oxygen atoms in total. The van der Waals surface area contributed by atoms with Crippen LogP contribution in [0.1, 0.15) is 24.0 Å². The molecule has 4 heteroatoms. The van der Waals surface area contributed by atoms with E-state index in [1.54, 1.807) is 18.0 Å². The number of imidazole rings is 1. The van der Waals surface area contributed by atoms with E-state index in [0.717, 1.165) is 17.7 Å². The van der Waals surface area contributed by atoms with E-state index in [2.05, 4.69) is 40.4 Å². The number of hydrogen-bond acceptors (Lipinski definition) is 3. The highest BCUT2D eigenvalue weighted by Gasteiger charge is 2.20. The molecule has 1 aromatic heterocycles. The molecule has 0 bridgehead atoms. The van der Waals surface area contributed by atoms with Crippen LogP contribution in [0.3, 0.4) is 0 Å². The van der Waals surface area contributed by atoms with Crippen molar-refractivity contribution in [1.29, 1.82) is 0 Å². The zero-order valence-corrected chi connectivity index (χ0v) is 11.3. The summed E-state index contributed by atoms with van der Waals surface area (Å²) in [4.78, 5) is 8.69. The molecule has 18 heavy (non-hydrogen) atoms. The molecule has 0 amide bonds. The molecule has 94 valence electrons. The molecular formula is C14H17N3S. The molecular weight excluding hydrogens is 242 g/mol. The molecule has 0 radical (unpaired) electrons. The van der Waals surface area contributed by atoms with E-state index in [-0.39, 0.29) is 0 Å². The second-order valence-corrected chi connectivity index (χ2v) is 5.79. The molecule has 1 heterocycles. The third-order valence-corrected chi connectivity index (χ3v) is 4.09. The van der Waals surface area contributed by atoms with E-state index >= 15 is 0 Å². The summed E-state index contributed by atoms with van der Waals surface area (Å²) in [7, 11) is 0. The second-order valence-electron chi connectivity index (χ2n) is 4.76. The summed E-state index contributed by atoms with van der Waals surface area (Å²) in [6, 6.07) is 7.35. The fourth-order valence-corrected chi connectivity index (χ4v) is 2.75. The van der Waals surface area contributed by atoms with Gasteiger partial charge in [0.2, 0.25) is 0 Å². The lowest BCUT2D eigenvalue weighted by Gasteiger charge is -2.10.